The number of fused-ring (bicyclic) bond motifs is 1. The van der Waals surface area contributed by atoms with Crippen LogP contribution in [0.1, 0.15) is 11.1 Å². The summed E-state index contributed by atoms with van der Waals surface area (Å²) in [6.45, 7) is 0. The molecule has 0 spiro atoms. The zero-order chi connectivity index (χ0) is 13.9. The van der Waals surface area contributed by atoms with Gasteiger partial charge >= 0.3 is 0 Å². The van der Waals surface area contributed by atoms with Gasteiger partial charge in [0.25, 0.3) is 5.91 Å². The highest BCUT2D eigenvalue weighted by atomic mass is 35.5. The van der Waals surface area contributed by atoms with Gasteiger partial charge in [-0.15, -0.1) is 11.8 Å². The molecule has 0 aliphatic carbocycles. The lowest BCUT2D eigenvalue weighted by atomic mass is 10.1. The summed E-state index contributed by atoms with van der Waals surface area (Å²) < 4.78 is 0. The summed E-state index contributed by atoms with van der Waals surface area (Å²) in [7, 11) is 0. The summed E-state index contributed by atoms with van der Waals surface area (Å²) in [5, 5.41) is 5.52. The molecule has 0 fully saturated rings. The molecular formula is C16H12ClNOS. The van der Waals surface area contributed by atoms with E-state index in [4.69, 9.17) is 11.6 Å². The molecular weight excluding hydrogens is 290 g/mol. The van der Waals surface area contributed by atoms with E-state index in [1.54, 1.807) is 11.8 Å². The summed E-state index contributed by atoms with van der Waals surface area (Å²) in [5.41, 5.74) is 3.72. The first-order valence-corrected chi connectivity index (χ1v) is 7.64. The fourth-order valence-electron chi connectivity index (χ4n) is 2.10. The Bertz CT molecular complexity index is 696. The van der Waals surface area contributed by atoms with Gasteiger partial charge in [0.2, 0.25) is 0 Å². The lowest BCUT2D eigenvalue weighted by Crippen LogP contribution is -2.03. The van der Waals surface area contributed by atoms with Gasteiger partial charge in [-0.2, -0.15) is 0 Å². The number of benzene rings is 2. The third-order valence-corrected chi connectivity index (χ3v) is 4.19. The lowest BCUT2D eigenvalue weighted by molar-refractivity contribution is -0.110. The topological polar surface area (TPSA) is 29.1 Å². The molecule has 2 nitrogen and oxygen atoms in total. The molecule has 100 valence electrons. The smallest absolute Gasteiger partial charge is 0.256 e. The van der Waals surface area contributed by atoms with Gasteiger partial charge in [-0.1, -0.05) is 41.9 Å². The van der Waals surface area contributed by atoms with Crippen LogP contribution in [0.3, 0.4) is 0 Å². The average molecular weight is 302 g/mol. The minimum absolute atomic E-state index is 0.0372. The van der Waals surface area contributed by atoms with Crippen molar-refractivity contribution in [3.8, 4) is 0 Å². The van der Waals surface area contributed by atoms with Crippen LogP contribution < -0.4 is 5.32 Å². The lowest BCUT2D eigenvalue weighted by Gasteiger charge is -2.00. The highest BCUT2D eigenvalue weighted by molar-refractivity contribution is 8.01. The number of hydrogen-bond acceptors (Lipinski definition) is 2. The molecule has 2 aromatic rings. The highest BCUT2D eigenvalue weighted by Gasteiger charge is 2.22. The van der Waals surface area contributed by atoms with Gasteiger partial charge in [0.1, 0.15) is 0 Å². The third-order valence-electron chi connectivity index (χ3n) is 3.05. The van der Waals surface area contributed by atoms with Crippen molar-refractivity contribution in [2.24, 2.45) is 0 Å². The maximum absolute atomic E-state index is 11.9. The van der Waals surface area contributed by atoms with Crippen LogP contribution >= 0.6 is 23.4 Å². The summed E-state index contributed by atoms with van der Waals surface area (Å²) in [6, 6.07) is 15.5. The maximum Gasteiger partial charge on any atom is 0.256 e. The summed E-state index contributed by atoms with van der Waals surface area (Å²) in [4.78, 5) is 11.9. The van der Waals surface area contributed by atoms with E-state index in [1.165, 1.54) is 0 Å². The van der Waals surface area contributed by atoms with Crippen LogP contribution in [0, 0.1) is 0 Å². The van der Waals surface area contributed by atoms with Crippen LogP contribution in [0.2, 0.25) is 5.02 Å². The zero-order valence-electron chi connectivity index (χ0n) is 10.6. The molecule has 1 aliphatic rings. The molecule has 0 radical (unpaired) electrons. The van der Waals surface area contributed by atoms with Crippen molar-refractivity contribution in [3.05, 3.63) is 70.1 Å². The molecule has 0 saturated carbocycles. The molecule has 0 saturated heterocycles. The quantitative estimate of drug-likeness (QED) is 0.842. The number of anilines is 1. The van der Waals surface area contributed by atoms with Gasteiger partial charge in [-0.05, 0) is 29.2 Å². The number of hydrogen-bond donors (Lipinski definition) is 1. The monoisotopic (exact) mass is 301 g/mol. The molecule has 1 amide bonds. The minimum atomic E-state index is -0.0372. The molecule has 4 heteroatoms. The number of carbonyl (C=O) groups is 1. The van der Waals surface area contributed by atoms with Crippen molar-refractivity contribution in [1.82, 2.24) is 0 Å². The Morgan fingerprint density at radius 3 is 2.85 bits per heavy atom. The van der Waals surface area contributed by atoms with Crippen molar-refractivity contribution >= 4 is 40.5 Å². The Labute approximate surface area is 126 Å². The van der Waals surface area contributed by atoms with Crippen LogP contribution in [-0.4, -0.2) is 5.91 Å². The van der Waals surface area contributed by atoms with E-state index in [1.807, 2.05) is 53.9 Å². The highest BCUT2D eigenvalue weighted by Crippen LogP contribution is 2.33. The van der Waals surface area contributed by atoms with E-state index in [-0.39, 0.29) is 5.91 Å². The molecule has 1 aliphatic heterocycles. The van der Waals surface area contributed by atoms with E-state index < -0.39 is 0 Å². The number of carbonyl (C=O) groups excluding carboxylic acids is 1. The van der Waals surface area contributed by atoms with Gasteiger partial charge in [0.05, 0.1) is 5.57 Å². The van der Waals surface area contributed by atoms with Gasteiger partial charge < -0.3 is 5.32 Å². The summed E-state index contributed by atoms with van der Waals surface area (Å²) in [5.74, 6) is 0.754. The van der Waals surface area contributed by atoms with Crippen molar-refractivity contribution in [3.63, 3.8) is 0 Å². The SMILES string of the molecule is O=C1Nc2ccccc2C1=CSCc1cccc(Cl)c1. The fraction of sp³-hybridized carbons (Fsp3) is 0.0625. The second-order valence-corrected chi connectivity index (χ2v) is 5.77. The Morgan fingerprint density at radius 2 is 2.00 bits per heavy atom. The van der Waals surface area contributed by atoms with Crippen molar-refractivity contribution in [1.29, 1.82) is 0 Å². The normalized spacial score (nSPS) is 15.2. The number of thioether (sulfide) groups is 1. The van der Waals surface area contributed by atoms with Gasteiger partial charge in [-0.25, -0.2) is 0 Å². The van der Waals surface area contributed by atoms with Gasteiger partial charge in [0.15, 0.2) is 0 Å². The minimum Gasteiger partial charge on any atom is -0.321 e. The first-order chi connectivity index (χ1) is 9.74. The van der Waals surface area contributed by atoms with Crippen LogP contribution in [0.5, 0.6) is 0 Å². The van der Waals surface area contributed by atoms with Crippen molar-refractivity contribution in [2.75, 3.05) is 5.32 Å². The first kappa shape index (κ1) is 13.3. The van der Waals surface area contributed by atoms with E-state index in [0.29, 0.717) is 0 Å². The molecule has 3 rings (SSSR count). The zero-order valence-corrected chi connectivity index (χ0v) is 12.2. The molecule has 0 atom stereocenters. The number of rotatable bonds is 3. The predicted octanol–water partition coefficient (Wildman–Crippen LogP) is 4.57. The van der Waals surface area contributed by atoms with Crippen LogP contribution in [0.25, 0.3) is 5.57 Å². The van der Waals surface area contributed by atoms with Crippen LogP contribution in [0.15, 0.2) is 53.9 Å². The van der Waals surface area contributed by atoms with E-state index >= 15 is 0 Å². The molecule has 2 aromatic carbocycles. The molecule has 1 N–H and O–H groups in total. The largest absolute Gasteiger partial charge is 0.321 e. The van der Waals surface area contributed by atoms with E-state index in [2.05, 4.69) is 5.32 Å². The van der Waals surface area contributed by atoms with Crippen molar-refractivity contribution < 1.29 is 4.79 Å². The first-order valence-electron chi connectivity index (χ1n) is 6.21. The Morgan fingerprint density at radius 1 is 1.15 bits per heavy atom. The number of halogens is 1. The van der Waals surface area contributed by atoms with Crippen molar-refractivity contribution in [2.45, 2.75) is 5.75 Å². The molecule has 20 heavy (non-hydrogen) atoms. The predicted molar refractivity (Wildman–Crippen MR) is 85.8 cm³/mol. The Balaban J connectivity index is 1.75. The molecule has 0 unspecified atom stereocenters. The van der Waals surface area contributed by atoms with Gasteiger partial charge in [0, 0.05) is 22.0 Å². The molecule has 0 aromatic heterocycles. The van der Waals surface area contributed by atoms with Gasteiger partial charge in [-0.3, -0.25) is 4.79 Å². The Kier molecular flexibility index (Phi) is 3.81. The second kappa shape index (κ2) is 5.73. The average Bonchev–Trinajstić information content (AvgIpc) is 2.75. The van der Waals surface area contributed by atoms with Crippen LogP contribution in [-0.2, 0) is 10.5 Å². The standard InChI is InChI=1S/C16H12ClNOS/c17-12-5-3-4-11(8-12)9-20-10-14-13-6-1-2-7-15(13)18-16(14)19/h1-8,10H,9H2,(H,18,19). The number of nitrogens with one attached hydrogen (secondary N) is 1. The third kappa shape index (κ3) is 2.74. The fourth-order valence-corrected chi connectivity index (χ4v) is 3.17. The summed E-state index contributed by atoms with van der Waals surface area (Å²) >= 11 is 7.55. The van der Waals surface area contributed by atoms with E-state index in [9.17, 15) is 4.79 Å². The summed E-state index contributed by atoms with van der Waals surface area (Å²) in [6.07, 6.45) is 0. The maximum atomic E-state index is 11.9. The van der Waals surface area contributed by atoms with Crippen LogP contribution in [0.4, 0.5) is 5.69 Å². The second-order valence-electron chi connectivity index (χ2n) is 4.47. The van der Waals surface area contributed by atoms with E-state index in [0.717, 1.165) is 33.2 Å². The molecule has 0 bridgehead atoms. The number of amides is 1. The Hall–Kier alpha value is -1.71. The molecule has 1 heterocycles. The number of para-hydroxylation sites is 1.